The van der Waals surface area contributed by atoms with Gasteiger partial charge >= 0.3 is 0 Å². The van der Waals surface area contributed by atoms with Crippen molar-refractivity contribution in [1.29, 1.82) is 0 Å². The largest absolute Gasteiger partial charge is 0.490 e. The van der Waals surface area contributed by atoms with E-state index in [0.29, 0.717) is 21.7 Å². The van der Waals surface area contributed by atoms with E-state index in [-0.39, 0.29) is 12.6 Å². The predicted molar refractivity (Wildman–Crippen MR) is 130 cm³/mol. The van der Waals surface area contributed by atoms with Crippen LogP contribution in [0, 0.1) is 0 Å². The third-order valence-corrected chi connectivity index (χ3v) is 5.72. The lowest BCUT2D eigenvalue weighted by molar-refractivity contribution is 0.0820. The van der Waals surface area contributed by atoms with Crippen LogP contribution in [-0.4, -0.2) is 40.4 Å². The number of anilines is 1. The van der Waals surface area contributed by atoms with Crippen molar-refractivity contribution in [2.45, 2.75) is 26.0 Å². The number of nitrogens with one attached hydrogen (secondary N) is 1. The molecule has 0 aliphatic rings. The molecule has 30 heavy (non-hydrogen) atoms. The molecule has 0 amide bonds. The van der Waals surface area contributed by atoms with Gasteiger partial charge in [0.15, 0.2) is 5.11 Å². The number of nitrogens with zero attached hydrogens (tertiary/aromatic N) is 1. The molecule has 2 N–H and O–H groups in total. The zero-order valence-corrected chi connectivity index (χ0v) is 19.1. The molecule has 3 rings (SSSR count). The summed E-state index contributed by atoms with van der Waals surface area (Å²) < 4.78 is 5.92. The van der Waals surface area contributed by atoms with E-state index in [2.05, 4.69) is 5.32 Å². The monoisotopic (exact) mass is 462 g/mol. The van der Waals surface area contributed by atoms with E-state index in [1.807, 2.05) is 61.2 Å². The number of hydrogen-bond acceptors (Lipinski definition) is 3. The van der Waals surface area contributed by atoms with Crippen LogP contribution in [0.5, 0.6) is 5.75 Å². The van der Waals surface area contributed by atoms with E-state index in [0.717, 1.165) is 22.2 Å². The molecule has 3 aromatic rings. The highest BCUT2D eigenvalue weighted by Gasteiger charge is 2.19. The average Bonchev–Trinajstić information content (AvgIpc) is 2.72. The van der Waals surface area contributed by atoms with Gasteiger partial charge in [0.25, 0.3) is 0 Å². The van der Waals surface area contributed by atoms with Gasteiger partial charge in [0.2, 0.25) is 0 Å². The lowest BCUT2D eigenvalue weighted by Crippen LogP contribution is -2.45. The Morgan fingerprint density at radius 1 is 1.07 bits per heavy atom. The molecule has 1 atom stereocenters. The number of halogens is 2. The van der Waals surface area contributed by atoms with Gasteiger partial charge in [0.05, 0.1) is 10.0 Å². The molecule has 0 saturated heterocycles. The summed E-state index contributed by atoms with van der Waals surface area (Å²) in [6.07, 6.45) is -0.722. The topological polar surface area (TPSA) is 44.7 Å². The van der Waals surface area contributed by atoms with Crippen molar-refractivity contribution < 1.29 is 9.84 Å². The molecule has 158 valence electrons. The minimum absolute atomic E-state index is 0.0833. The van der Waals surface area contributed by atoms with Gasteiger partial charge in [-0.3, -0.25) is 0 Å². The van der Waals surface area contributed by atoms with E-state index in [1.165, 1.54) is 0 Å². The summed E-state index contributed by atoms with van der Waals surface area (Å²) in [5.74, 6) is 0.750. The van der Waals surface area contributed by atoms with Crippen LogP contribution < -0.4 is 10.1 Å². The molecular weight excluding hydrogens is 439 g/mol. The van der Waals surface area contributed by atoms with E-state index in [9.17, 15) is 5.11 Å². The summed E-state index contributed by atoms with van der Waals surface area (Å²) in [7, 11) is 0. The van der Waals surface area contributed by atoms with Crippen molar-refractivity contribution in [3.63, 3.8) is 0 Å². The fourth-order valence-electron chi connectivity index (χ4n) is 3.08. The number of benzene rings is 3. The molecule has 0 bridgehead atoms. The van der Waals surface area contributed by atoms with Crippen LogP contribution in [0.4, 0.5) is 5.69 Å². The van der Waals surface area contributed by atoms with Crippen LogP contribution in [0.15, 0.2) is 60.7 Å². The second-order valence-electron chi connectivity index (χ2n) is 7.25. The molecule has 4 nitrogen and oxygen atoms in total. The maximum Gasteiger partial charge on any atom is 0.173 e. The lowest BCUT2D eigenvalue weighted by atomic mass is 10.1. The highest BCUT2D eigenvalue weighted by molar-refractivity contribution is 7.80. The lowest BCUT2D eigenvalue weighted by Gasteiger charge is -2.31. The highest BCUT2D eigenvalue weighted by atomic mass is 35.5. The van der Waals surface area contributed by atoms with Crippen LogP contribution in [-0.2, 0) is 0 Å². The summed E-state index contributed by atoms with van der Waals surface area (Å²) in [5.41, 5.74) is 0.738. The quantitative estimate of drug-likeness (QED) is 0.421. The van der Waals surface area contributed by atoms with Gasteiger partial charge < -0.3 is 20.1 Å². The first kappa shape index (κ1) is 22.6. The highest BCUT2D eigenvalue weighted by Crippen LogP contribution is 2.26. The van der Waals surface area contributed by atoms with E-state index in [4.69, 9.17) is 40.2 Å². The number of aliphatic hydroxyl groups is 1. The van der Waals surface area contributed by atoms with Gasteiger partial charge in [0.1, 0.15) is 18.5 Å². The van der Waals surface area contributed by atoms with Gasteiger partial charge in [-0.2, -0.15) is 0 Å². The molecule has 0 aliphatic carbocycles. The first-order chi connectivity index (χ1) is 14.3. The Hall–Kier alpha value is -2.05. The molecular formula is C23H24Cl2N2O2S. The number of rotatable bonds is 7. The van der Waals surface area contributed by atoms with E-state index in [1.54, 1.807) is 18.2 Å². The standard InChI is InChI=1S/C23H24Cl2N2O2S/c1-15(2)27(23(30)26-17-10-11-20(24)21(25)12-17)13-18(28)14-29-22-9-5-7-16-6-3-4-8-19(16)22/h3-12,15,18,28H,13-14H2,1-2H3,(H,26,30). The predicted octanol–water partition coefficient (Wildman–Crippen LogP) is 5.99. The Bertz CT molecular complexity index is 1020. The molecule has 1 unspecified atom stereocenters. The van der Waals surface area contributed by atoms with Crippen molar-refractivity contribution in [2.75, 3.05) is 18.5 Å². The third kappa shape index (κ3) is 5.76. The van der Waals surface area contributed by atoms with Gasteiger partial charge in [-0.15, -0.1) is 0 Å². The summed E-state index contributed by atoms with van der Waals surface area (Å²) in [6.45, 7) is 4.52. The van der Waals surface area contributed by atoms with Gasteiger partial charge in [-0.25, -0.2) is 0 Å². The van der Waals surface area contributed by atoms with Crippen LogP contribution >= 0.6 is 35.4 Å². The fraction of sp³-hybridized carbons (Fsp3) is 0.261. The van der Waals surface area contributed by atoms with Crippen LogP contribution in [0.1, 0.15) is 13.8 Å². The normalized spacial score (nSPS) is 12.1. The average molecular weight is 463 g/mol. The second-order valence-corrected chi connectivity index (χ2v) is 8.45. The Kier molecular flexibility index (Phi) is 7.78. The summed E-state index contributed by atoms with van der Waals surface area (Å²) >= 11 is 17.6. The number of ether oxygens (including phenoxy) is 1. The number of fused-ring (bicyclic) bond motifs is 1. The second kappa shape index (κ2) is 10.3. The number of hydrogen-bond donors (Lipinski definition) is 2. The van der Waals surface area contributed by atoms with Crippen LogP contribution in [0.25, 0.3) is 10.8 Å². The smallest absolute Gasteiger partial charge is 0.173 e. The van der Waals surface area contributed by atoms with Crippen molar-refractivity contribution in [1.82, 2.24) is 4.90 Å². The minimum atomic E-state index is -0.722. The SMILES string of the molecule is CC(C)N(CC(O)COc1cccc2ccccc12)C(=S)Nc1ccc(Cl)c(Cl)c1. The third-order valence-electron chi connectivity index (χ3n) is 4.64. The van der Waals surface area contributed by atoms with E-state index < -0.39 is 6.10 Å². The molecule has 7 heteroatoms. The summed E-state index contributed by atoms with van der Waals surface area (Å²) in [6, 6.07) is 19.2. The zero-order valence-electron chi connectivity index (χ0n) is 16.8. The first-order valence-electron chi connectivity index (χ1n) is 9.66. The maximum absolute atomic E-state index is 10.6. The minimum Gasteiger partial charge on any atom is -0.490 e. The molecule has 0 aromatic heterocycles. The molecule has 0 saturated carbocycles. The van der Waals surface area contributed by atoms with Crippen LogP contribution in [0.3, 0.4) is 0 Å². The molecule has 0 heterocycles. The molecule has 0 spiro atoms. The number of thiocarbonyl (C=S) groups is 1. The van der Waals surface area contributed by atoms with Gasteiger partial charge in [0, 0.05) is 23.7 Å². The molecule has 0 aliphatic heterocycles. The first-order valence-corrected chi connectivity index (χ1v) is 10.8. The molecule has 0 radical (unpaired) electrons. The molecule has 0 fully saturated rings. The fourth-order valence-corrected chi connectivity index (χ4v) is 3.79. The summed E-state index contributed by atoms with van der Waals surface area (Å²) in [4.78, 5) is 1.91. The zero-order chi connectivity index (χ0) is 21.7. The van der Waals surface area contributed by atoms with Gasteiger partial charge in [-0.1, -0.05) is 59.6 Å². The summed E-state index contributed by atoms with van der Waals surface area (Å²) in [5, 5.41) is 17.3. The molecule has 3 aromatic carbocycles. The maximum atomic E-state index is 10.6. The van der Waals surface area contributed by atoms with E-state index >= 15 is 0 Å². The Labute approximate surface area is 192 Å². The van der Waals surface area contributed by atoms with Crippen molar-refractivity contribution >= 4 is 57.0 Å². The Morgan fingerprint density at radius 3 is 2.53 bits per heavy atom. The van der Waals surface area contributed by atoms with Gasteiger partial charge in [-0.05, 0) is 55.7 Å². The Balaban J connectivity index is 1.62. The van der Waals surface area contributed by atoms with Crippen LogP contribution in [0.2, 0.25) is 10.0 Å². The Morgan fingerprint density at radius 2 is 1.80 bits per heavy atom. The number of aliphatic hydroxyl groups excluding tert-OH is 1. The van der Waals surface area contributed by atoms with Crippen molar-refractivity contribution in [3.05, 3.63) is 70.7 Å². The van der Waals surface area contributed by atoms with Crippen molar-refractivity contribution in [3.8, 4) is 5.75 Å². The van der Waals surface area contributed by atoms with Crippen molar-refractivity contribution in [2.24, 2.45) is 0 Å².